The molecule has 0 aliphatic heterocycles. The van der Waals surface area contributed by atoms with Crippen molar-refractivity contribution in [3.05, 3.63) is 89.9 Å². The van der Waals surface area contributed by atoms with Crippen LogP contribution in [0.1, 0.15) is 11.4 Å². The smallest absolute Gasteiger partial charge is 0.247 e. The van der Waals surface area contributed by atoms with Crippen molar-refractivity contribution in [1.82, 2.24) is 9.97 Å². The highest BCUT2D eigenvalue weighted by Gasteiger charge is 2.05. The predicted octanol–water partition coefficient (Wildman–Crippen LogP) is 5.00. The van der Waals surface area contributed by atoms with Gasteiger partial charge in [0, 0.05) is 28.2 Å². The number of amides is 1. The van der Waals surface area contributed by atoms with Gasteiger partial charge in [-0.3, -0.25) is 4.79 Å². The maximum absolute atomic E-state index is 11.3. The van der Waals surface area contributed by atoms with Gasteiger partial charge in [0.05, 0.1) is 0 Å². The van der Waals surface area contributed by atoms with Crippen molar-refractivity contribution >= 4 is 35.0 Å². The van der Waals surface area contributed by atoms with Gasteiger partial charge in [0.25, 0.3) is 0 Å². The predicted molar refractivity (Wildman–Crippen MR) is 106 cm³/mol. The average Bonchev–Trinajstić information content (AvgIpc) is 2.63. The van der Waals surface area contributed by atoms with Crippen LogP contribution in [0.2, 0.25) is 5.02 Å². The lowest BCUT2D eigenvalue weighted by molar-refractivity contribution is -0.111. The lowest BCUT2D eigenvalue weighted by Gasteiger charge is -2.06. The van der Waals surface area contributed by atoms with Crippen LogP contribution in [0.4, 0.5) is 5.69 Å². The van der Waals surface area contributed by atoms with Crippen molar-refractivity contribution in [1.29, 1.82) is 0 Å². The third-order valence-corrected chi connectivity index (χ3v) is 4.64. The summed E-state index contributed by atoms with van der Waals surface area (Å²) in [5.74, 6) is 0.513. The number of nitrogens with zero attached hydrogens (tertiary/aromatic N) is 2. The van der Waals surface area contributed by atoms with E-state index < -0.39 is 0 Å². The molecule has 0 radical (unpaired) electrons. The summed E-state index contributed by atoms with van der Waals surface area (Å²) in [5, 5.41) is 4.29. The maximum atomic E-state index is 11.3. The molecule has 0 aliphatic rings. The second-order valence-corrected chi connectivity index (χ2v) is 6.97. The molecule has 0 bridgehead atoms. The average molecular weight is 382 g/mol. The zero-order valence-electron chi connectivity index (χ0n) is 13.9. The summed E-state index contributed by atoms with van der Waals surface area (Å²) in [6, 6.07) is 17.1. The molecule has 1 N–H and O–H groups in total. The van der Waals surface area contributed by atoms with Crippen molar-refractivity contribution in [2.45, 2.75) is 16.3 Å². The molecular weight excluding hydrogens is 366 g/mol. The van der Waals surface area contributed by atoms with E-state index in [1.807, 2.05) is 54.6 Å². The zero-order valence-corrected chi connectivity index (χ0v) is 15.4. The van der Waals surface area contributed by atoms with E-state index in [9.17, 15) is 4.79 Å². The molecule has 1 amide bonds. The summed E-state index contributed by atoms with van der Waals surface area (Å²) >= 11 is 7.57. The van der Waals surface area contributed by atoms with Gasteiger partial charge in [-0.1, -0.05) is 42.1 Å². The number of nitrogens with one attached hydrogen (secondary N) is 1. The Labute approximate surface area is 161 Å². The first kappa shape index (κ1) is 18.2. The topological polar surface area (TPSA) is 54.9 Å². The fraction of sp³-hybridized carbons (Fsp3) is 0.0500. The van der Waals surface area contributed by atoms with E-state index in [0.717, 1.165) is 27.0 Å². The van der Waals surface area contributed by atoms with E-state index in [2.05, 4.69) is 21.9 Å². The Morgan fingerprint density at radius 2 is 2.00 bits per heavy atom. The molecule has 2 aromatic carbocycles. The van der Waals surface area contributed by atoms with Gasteiger partial charge in [0.2, 0.25) is 5.91 Å². The Morgan fingerprint density at radius 1 is 1.19 bits per heavy atom. The summed E-state index contributed by atoms with van der Waals surface area (Å²) in [7, 11) is 0. The number of benzene rings is 2. The summed E-state index contributed by atoms with van der Waals surface area (Å²) in [5.41, 5.74) is 1.80. The molecule has 1 heterocycles. The highest BCUT2D eigenvalue weighted by molar-refractivity contribution is 7.99. The molecular formula is C20H16ClN3OS. The number of rotatable bonds is 6. The molecule has 0 fully saturated rings. The molecule has 0 unspecified atom stereocenters. The fourth-order valence-corrected chi connectivity index (χ4v) is 3.28. The first-order valence-corrected chi connectivity index (χ1v) is 9.09. The van der Waals surface area contributed by atoms with Gasteiger partial charge in [-0.15, -0.1) is 0 Å². The Hall–Kier alpha value is -2.63. The van der Waals surface area contributed by atoms with E-state index in [1.165, 1.54) is 17.8 Å². The van der Waals surface area contributed by atoms with Crippen LogP contribution in [0.5, 0.6) is 0 Å². The quantitative estimate of drug-likeness (QED) is 0.482. The molecule has 1 aromatic heterocycles. The molecule has 4 nitrogen and oxygen atoms in total. The van der Waals surface area contributed by atoms with Crippen LogP contribution in [-0.4, -0.2) is 15.9 Å². The molecule has 0 spiro atoms. The fourth-order valence-electron chi connectivity index (χ4n) is 2.27. The van der Waals surface area contributed by atoms with Crippen molar-refractivity contribution in [3.63, 3.8) is 0 Å². The summed E-state index contributed by atoms with van der Waals surface area (Å²) in [6.07, 6.45) is 3.63. The monoisotopic (exact) mass is 381 g/mol. The molecule has 26 heavy (non-hydrogen) atoms. The number of hydrogen-bond donors (Lipinski definition) is 1. The first-order chi connectivity index (χ1) is 12.6. The van der Waals surface area contributed by atoms with Crippen molar-refractivity contribution in [2.24, 2.45) is 0 Å². The standard InChI is InChI=1S/C20H16ClN3OS/c1-2-19(25)23-16-6-8-17(9-7-16)26-20-10-11-22-18(24-20)13-14-4-3-5-15(21)12-14/h2-12H,1,13H2,(H,23,25). The van der Waals surface area contributed by atoms with Crippen molar-refractivity contribution in [2.75, 3.05) is 5.32 Å². The largest absolute Gasteiger partial charge is 0.323 e. The van der Waals surface area contributed by atoms with Crippen LogP contribution < -0.4 is 5.32 Å². The molecule has 130 valence electrons. The molecule has 0 aliphatic carbocycles. The molecule has 0 saturated heterocycles. The van der Waals surface area contributed by atoms with Crippen LogP contribution in [-0.2, 0) is 11.2 Å². The Morgan fingerprint density at radius 3 is 2.73 bits per heavy atom. The van der Waals surface area contributed by atoms with Crippen LogP contribution in [0.15, 0.2) is 83.4 Å². The number of anilines is 1. The number of hydrogen-bond acceptors (Lipinski definition) is 4. The van der Waals surface area contributed by atoms with E-state index in [-0.39, 0.29) is 5.91 Å². The molecule has 6 heteroatoms. The first-order valence-electron chi connectivity index (χ1n) is 7.90. The van der Waals surface area contributed by atoms with Gasteiger partial charge < -0.3 is 5.32 Å². The van der Waals surface area contributed by atoms with Crippen LogP contribution in [0, 0.1) is 0 Å². The second kappa shape index (κ2) is 8.65. The van der Waals surface area contributed by atoms with Gasteiger partial charge in [-0.2, -0.15) is 0 Å². The minimum atomic E-state index is -0.230. The maximum Gasteiger partial charge on any atom is 0.247 e. The normalized spacial score (nSPS) is 10.3. The SMILES string of the molecule is C=CC(=O)Nc1ccc(Sc2ccnc(Cc3cccc(Cl)c3)n2)cc1. The van der Waals surface area contributed by atoms with Crippen molar-refractivity contribution in [3.8, 4) is 0 Å². The lowest BCUT2D eigenvalue weighted by atomic mass is 10.1. The van der Waals surface area contributed by atoms with E-state index in [1.54, 1.807) is 6.20 Å². The summed E-state index contributed by atoms with van der Waals surface area (Å²) in [6.45, 7) is 3.44. The summed E-state index contributed by atoms with van der Waals surface area (Å²) < 4.78 is 0. The number of carbonyl (C=O) groups excluding carboxylic acids is 1. The molecule has 3 rings (SSSR count). The minimum Gasteiger partial charge on any atom is -0.323 e. The molecule has 0 atom stereocenters. The van der Waals surface area contributed by atoms with Gasteiger partial charge in [-0.05, 0) is 54.1 Å². The Kier molecular flexibility index (Phi) is 6.04. The zero-order chi connectivity index (χ0) is 18.4. The van der Waals surface area contributed by atoms with Gasteiger partial charge in [0.15, 0.2) is 0 Å². The Bertz CT molecular complexity index is 928. The van der Waals surface area contributed by atoms with Crippen LogP contribution >= 0.6 is 23.4 Å². The number of carbonyl (C=O) groups is 1. The molecule has 0 saturated carbocycles. The third-order valence-electron chi connectivity index (χ3n) is 3.46. The Balaban J connectivity index is 1.68. The van der Waals surface area contributed by atoms with Gasteiger partial charge >= 0.3 is 0 Å². The van der Waals surface area contributed by atoms with Crippen molar-refractivity contribution < 1.29 is 4.79 Å². The lowest BCUT2D eigenvalue weighted by Crippen LogP contribution is -2.06. The van der Waals surface area contributed by atoms with Gasteiger partial charge in [-0.25, -0.2) is 9.97 Å². The van der Waals surface area contributed by atoms with E-state index >= 15 is 0 Å². The second-order valence-electron chi connectivity index (χ2n) is 5.44. The van der Waals surface area contributed by atoms with Gasteiger partial charge in [0.1, 0.15) is 10.9 Å². The highest BCUT2D eigenvalue weighted by Crippen LogP contribution is 2.27. The number of halogens is 1. The molecule has 3 aromatic rings. The highest BCUT2D eigenvalue weighted by atomic mass is 35.5. The third kappa shape index (κ3) is 5.18. The van der Waals surface area contributed by atoms with E-state index in [4.69, 9.17) is 11.6 Å². The summed E-state index contributed by atoms with van der Waals surface area (Å²) in [4.78, 5) is 21.3. The van der Waals surface area contributed by atoms with Crippen LogP contribution in [0.25, 0.3) is 0 Å². The minimum absolute atomic E-state index is 0.230. The van der Waals surface area contributed by atoms with E-state index in [0.29, 0.717) is 11.4 Å². The van der Waals surface area contributed by atoms with Crippen LogP contribution in [0.3, 0.4) is 0 Å². The number of aromatic nitrogens is 2.